The molecule has 0 amide bonds. The van der Waals surface area contributed by atoms with Crippen molar-refractivity contribution >= 4 is 20.3 Å². The topological polar surface area (TPSA) is 61.8 Å². The van der Waals surface area contributed by atoms with E-state index >= 15 is 0 Å². The number of esters is 2. The van der Waals surface area contributed by atoms with E-state index in [-0.39, 0.29) is 23.1 Å². The summed E-state index contributed by atoms with van der Waals surface area (Å²) in [6.45, 7) is 19.5. The van der Waals surface area contributed by atoms with Gasteiger partial charge in [0.2, 0.25) is 0 Å². The molecule has 0 aliphatic carbocycles. The molecule has 2 atom stereocenters. The summed E-state index contributed by atoms with van der Waals surface area (Å²) < 4.78 is 16.9. The highest BCUT2D eigenvalue weighted by Gasteiger charge is 2.41. The number of ether oxygens (including phenoxy) is 2. The van der Waals surface area contributed by atoms with Gasteiger partial charge in [-0.25, -0.2) is 0 Å². The monoisotopic (exact) mass is 372 g/mol. The molecule has 0 aliphatic rings. The molecule has 0 N–H and O–H groups in total. The highest BCUT2D eigenvalue weighted by atomic mass is 28.4. The maximum atomic E-state index is 12.2. The molecule has 146 valence electrons. The maximum absolute atomic E-state index is 12.2. The molecule has 0 saturated heterocycles. The fraction of sp³-hybridized carbons (Fsp3) is 0.789. The van der Waals surface area contributed by atoms with Crippen LogP contribution >= 0.6 is 0 Å². The molecule has 0 bridgehead atoms. The van der Waals surface area contributed by atoms with Crippen LogP contribution in [0.4, 0.5) is 0 Å². The van der Waals surface area contributed by atoms with Crippen LogP contribution in [0.25, 0.3) is 0 Å². The van der Waals surface area contributed by atoms with E-state index in [2.05, 4.69) is 33.9 Å². The molecule has 1 unspecified atom stereocenters. The third-order valence-electron chi connectivity index (χ3n) is 4.38. The highest BCUT2D eigenvalue weighted by Crippen LogP contribution is 2.38. The minimum Gasteiger partial charge on any atom is -0.460 e. The van der Waals surface area contributed by atoms with Gasteiger partial charge in [0.25, 0.3) is 0 Å². The molecule has 0 aliphatic heterocycles. The zero-order chi connectivity index (χ0) is 20.1. The van der Waals surface area contributed by atoms with Gasteiger partial charge in [-0.05, 0) is 58.3 Å². The van der Waals surface area contributed by atoms with Crippen molar-refractivity contribution < 1.29 is 23.5 Å². The Morgan fingerprint density at radius 3 is 2.00 bits per heavy atom. The Bertz CT molecular complexity index is 483. The van der Waals surface area contributed by atoms with E-state index in [1.807, 2.05) is 27.7 Å². The maximum Gasteiger partial charge on any atom is 0.311 e. The normalized spacial score (nSPS) is 15.8. The third-order valence-corrected chi connectivity index (χ3v) is 8.88. The van der Waals surface area contributed by atoms with Gasteiger partial charge in [0.05, 0.1) is 17.8 Å². The molecule has 0 aromatic rings. The number of hydrogen-bond donors (Lipinski definition) is 0. The number of hydrogen-bond acceptors (Lipinski definition) is 5. The van der Waals surface area contributed by atoms with Crippen molar-refractivity contribution in [1.82, 2.24) is 0 Å². The van der Waals surface area contributed by atoms with Crippen LogP contribution in [-0.4, -0.2) is 32.5 Å². The van der Waals surface area contributed by atoms with Crippen LogP contribution in [-0.2, 0) is 23.5 Å². The van der Waals surface area contributed by atoms with E-state index in [0.717, 1.165) is 0 Å². The van der Waals surface area contributed by atoms with E-state index in [1.54, 1.807) is 6.08 Å². The molecule has 0 fully saturated rings. The van der Waals surface area contributed by atoms with Crippen LogP contribution in [0.1, 0.15) is 61.8 Å². The first kappa shape index (κ1) is 23.9. The Kier molecular flexibility index (Phi) is 8.58. The lowest BCUT2D eigenvalue weighted by atomic mass is 9.97. The summed E-state index contributed by atoms with van der Waals surface area (Å²) in [6.07, 6.45) is 2.91. The summed E-state index contributed by atoms with van der Waals surface area (Å²) in [5, 5.41) is 0.0403. The minimum atomic E-state index is -2.04. The smallest absolute Gasteiger partial charge is 0.311 e. The summed E-state index contributed by atoms with van der Waals surface area (Å²) in [5.41, 5.74) is -0.566. The van der Waals surface area contributed by atoms with Crippen LogP contribution in [0, 0.1) is 5.41 Å². The van der Waals surface area contributed by atoms with Crippen molar-refractivity contribution in [3.05, 3.63) is 12.3 Å². The second kappa shape index (κ2) is 8.99. The summed E-state index contributed by atoms with van der Waals surface area (Å²) in [5.74, 6) is -0.627. The van der Waals surface area contributed by atoms with Crippen molar-refractivity contribution in [1.29, 1.82) is 0 Å². The Labute approximate surface area is 154 Å². The molecule has 0 heterocycles. The summed E-state index contributed by atoms with van der Waals surface area (Å²) >= 11 is 0. The fourth-order valence-corrected chi connectivity index (χ4v) is 3.04. The van der Waals surface area contributed by atoms with Gasteiger partial charge in [0, 0.05) is 6.92 Å². The van der Waals surface area contributed by atoms with Crippen molar-refractivity contribution in [2.24, 2.45) is 5.41 Å². The zero-order valence-electron chi connectivity index (χ0n) is 17.6. The lowest BCUT2D eigenvalue weighted by molar-refractivity contribution is -0.162. The minimum absolute atomic E-state index is 0.0403. The van der Waals surface area contributed by atoms with Gasteiger partial charge in [-0.2, -0.15) is 0 Å². The van der Waals surface area contributed by atoms with Crippen LogP contribution < -0.4 is 0 Å². The van der Waals surface area contributed by atoms with Crippen LogP contribution in [0.15, 0.2) is 12.3 Å². The Morgan fingerprint density at radius 1 is 1.08 bits per heavy atom. The average Bonchev–Trinajstić information content (AvgIpc) is 2.39. The highest BCUT2D eigenvalue weighted by molar-refractivity contribution is 6.74. The fourth-order valence-electron chi connectivity index (χ4n) is 1.65. The van der Waals surface area contributed by atoms with Gasteiger partial charge >= 0.3 is 11.9 Å². The van der Waals surface area contributed by atoms with Crippen molar-refractivity contribution in [3.63, 3.8) is 0 Å². The van der Waals surface area contributed by atoms with Crippen molar-refractivity contribution in [2.75, 3.05) is 0 Å². The first-order valence-corrected chi connectivity index (χ1v) is 11.7. The van der Waals surface area contributed by atoms with Crippen LogP contribution in [0.3, 0.4) is 0 Å². The van der Waals surface area contributed by atoms with E-state index in [0.29, 0.717) is 6.42 Å². The molecule has 25 heavy (non-hydrogen) atoms. The zero-order valence-corrected chi connectivity index (χ0v) is 18.6. The standard InChI is InChI=1S/C19H36O5Si/c1-14(23-17(21)18(3,4)5)16(12-11-13-22-15(2)20)24-25(9,10)19(6,7)8/h11,13-14,16H,12H2,1-10H3/b13-11-/t14?,16-/m1/s1. The summed E-state index contributed by atoms with van der Waals surface area (Å²) in [4.78, 5) is 23.1. The third kappa shape index (κ3) is 8.67. The number of carbonyl (C=O) groups excluding carboxylic acids is 2. The molecule has 0 saturated carbocycles. The molecule has 6 heteroatoms. The van der Waals surface area contributed by atoms with E-state index in [9.17, 15) is 9.59 Å². The molecule has 0 rings (SSSR count). The quantitative estimate of drug-likeness (QED) is 0.364. The van der Waals surface area contributed by atoms with Crippen molar-refractivity contribution in [2.45, 2.75) is 92.2 Å². The molecule has 0 aromatic carbocycles. The Balaban J connectivity index is 5.21. The summed E-state index contributed by atoms with van der Waals surface area (Å²) in [7, 11) is -2.04. The predicted molar refractivity (Wildman–Crippen MR) is 103 cm³/mol. The van der Waals surface area contributed by atoms with Crippen molar-refractivity contribution in [3.8, 4) is 0 Å². The number of rotatable bonds is 7. The molecular formula is C19H36O5Si. The Morgan fingerprint density at radius 2 is 1.60 bits per heavy atom. The molecule has 0 aromatic heterocycles. The molecule has 0 spiro atoms. The Hall–Kier alpha value is -1.14. The van der Waals surface area contributed by atoms with E-state index in [4.69, 9.17) is 13.9 Å². The number of carbonyl (C=O) groups is 2. The van der Waals surface area contributed by atoms with Gasteiger partial charge in [0.1, 0.15) is 6.10 Å². The SMILES string of the molecule is CC(=O)O/C=C\C[C@@H](O[Si](C)(C)C(C)(C)C)C(C)OC(=O)C(C)(C)C. The lowest BCUT2D eigenvalue weighted by Gasteiger charge is -2.40. The molecule has 0 radical (unpaired) electrons. The average molecular weight is 373 g/mol. The second-order valence-electron chi connectivity index (χ2n) is 8.99. The van der Waals surface area contributed by atoms with Gasteiger partial charge in [-0.15, -0.1) is 0 Å². The van der Waals surface area contributed by atoms with Crippen LogP contribution in [0.2, 0.25) is 18.1 Å². The van der Waals surface area contributed by atoms with Gasteiger partial charge in [-0.3, -0.25) is 9.59 Å². The lowest BCUT2D eigenvalue weighted by Crippen LogP contribution is -2.47. The molecule has 5 nitrogen and oxygen atoms in total. The second-order valence-corrected chi connectivity index (χ2v) is 13.8. The first-order valence-electron chi connectivity index (χ1n) is 8.79. The largest absolute Gasteiger partial charge is 0.460 e. The van der Waals surface area contributed by atoms with E-state index < -0.39 is 19.8 Å². The van der Waals surface area contributed by atoms with Crippen LogP contribution in [0.5, 0.6) is 0 Å². The summed E-state index contributed by atoms with van der Waals surface area (Å²) in [6, 6.07) is 0. The van der Waals surface area contributed by atoms with E-state index in [1.165, 1.54) is 13.2 Å². The predicted octanol–water partition coefficient (Wildman–Crippen LogP) is 4.82. The van der Waals surface area contributed by atoms with Gasteiger partial charge < -0.3 is 13.9 Å². The van der Waals surface area contributed by atoms with Gasteiger partial charge in [0.15, 0.2) is 8.32 Å². The first-order chi connectivity index (χ1) is 11.1. The molecular weight excluding hydrogens is 336 g/mol. The van der Waals surface area contributed by atoms with Gasteiger partial charge in [-0.1, -0.05) is 20.8 Å².